The van der Waals surface area contributed by atoms with E-state index >= 15 is 0 Å². The second-order valence-electron chi connectivity index (χ2n) is 2.93. The Balaban J connectivity index is 2.16. The normalized spacial score (nSPS) is 13.1. The highest BCUT2D eigenvalue weighted by atomic mass is 32.2. The van der Waals surface area contributed by atoms with E-state index in [9.17, 15) is 4.21 Å². The molecule has 0 bridgehead atoms. The van der Waals surface area contributed by atoms with Crippen LogP contribution in [0.2, 0.25) is 0 Å². The van der Waals surface area contributed by atoms with E-state index in [2.05, 4.69) is 10.4 Å². The monoisotopic (exact) mass is 201 g/mol. The summed E-state index contributed by atoms with van der Waals surface area (Å²) in [5.74, 6) is 0.701. The van der Waals surface area contributed by atoms with Gasteiger partial charge in [0.15, 0.2) is 0 Å². The van der Waals surface area contributed by atoms with Crippen molar-refractivity contribution in [2.75, 3.05) is 18.6 Å². The number of hydrogen-bond acceptors (Lipinski definition) is 3. The first-order chi connectivity index (χ1) is 6.18. The van der Waals surface area contributed by atoms with E-state index < -0.39 is 10.8 Å². The molecule has 1 aromatic heterocycles. The van der Waals surface area contributed by atoms with E-state index in [-0.39, 0.29) is 0 Å². The van der Waals surface area contributed by atoms with Gasteiger partial charge in [-0.15, -0.1) is 0 Å². The van der Waals surface area contributed by atoms with Gasteiger partial charge in [0.05, 0.1) is 5.69 Å². The molecule has 74 valence electrons. The van der Waals surface area contributed by atoms with E-state index in [1.807, 2.05) is 19.3 Å². The number of rotatable bonds is 5. The van der Waals surface area contributed by atoms with Gasteiger partial charge in [0.1, 0.15) is 0 Å². The zero-order chi connectivity index (χ0) is 9.68. The van der Waals surface area contributed by atoms with Crippen LogP contribution >= 0.6 is 0 Å². The minimum absolute atomic E-state index is 0.701. The van der Waals surface area contributed by atoms with Crippen molar-refractivity contribution in [2.45, 2.75) is 6.54 Å². The van der Waals surface area contributed by atoms with Crippen LogP contribution in [0, 0.1) is 0 Å². The Labute approximate surface area is 80.8 Å². The van der Waals surface area contributed by atoms with Crippen LogP contribution in [-0.4, -0.2) is 32.5 Å². The molecule has 0 aromatic carbocycles. The van der Waals surface area contributed by atoms with Crippen molar-refractivity contribution in [2.24, 2.45) is 7.05 Å². The number of aromatic nitrogens is 2. The predicted molar refractivity (Wildman–Crippen MR) is 53.8 cm³/mol. The highest BCUT2D eigenvalue weighted by molar-refractivity contribution is 7.84. The second-order valence-corrected chi connectivity index (χ2v) is 4.49. The quantitative estimate of drug-likeness (QED) is 0.676. The smallest absolute Gasteiger partial charge is 0.0762 e. The highest BCUT2D eigenvalue weighted by Gasteiger charge is 1.96. The Hall–Kier alpha value is -0.680. The molecule has 1 rings (SSSR count). The van der Waals surface area contributed by atoms with Gasteiger partial charge in [-0.1, -0.05) is 0 Å². The first-order valence-electron chi connectivity index (χ1n) is 4.18. The molecule has 0 amide bonds. The Morgan fingerprint density at radius 3 is 3.00 bits per heavy atom. The maximum absolute atomic E-state index is 10.7. The molecule has 0 spiro atoms. The highest BCUT2D eigenvalue weighted by Crippen LogP contribution is 1.92. The van der Waals surface area contributed by atoms with Crippen LogP contribution in [-0.2, 0) is 24.4 Å². The van der Waals surface area contributed by atoms with E-state index in [0.29, 0.717) is 5.75 Å². The summed E-state index contributed by atoms with van der Waals surface area (Å²) in [6.07, 6.45) is 3.62. The molecule has 1 unspecified atom stereocenters. The molecule has 1 heterocycles. The Morgan fingerprint density at radius 1 is 1.69 bits per heavy atom. The summed E-state index contributed by atoms with van der Waals surface area (Å²) in [5, 5.41) is 7.38. The first-order valence-corrected chi connectivity index (χ1v) is 5.90. The molecular weight excluding hydrogens is 186 g/mol. The average Bonchev–Trinajstić information content (AvgIpc) is 2.45. The summed E-state index contributed by atoms with van der Waals surface area (Å²) < 4.78 is 12.5. The first kappa shape index (κ1) is 10.4. The summed E-state index contributed by atoms with van der Waals surface area (Å²) >= 11 is 0. The summed E-state index contributed by atoms with van der Waals surface area (Å²) in [6, 6.07) is 1.97. The van der Waals surface area contributed by atoms with Crippen molar-refractivity contribution in [1.82, 2.24) is 15.1 Å². The molecule has 0 aliphatic heterocycles. The summed E-state index contributed by atoms with van der Waals surface area (Å²) in [7, 11) is 1.19. The standard InChI is InChI=1S/C8H15N3OS/c1-11-5-3-8(10-11)7-9-4-6-13(2)12/h3,5,9H,4,6-7H2,1-2H3. The summed E-state index contributed by atoms with van der Waals surface area (Å²) in [5.41, 5.74) is 1.02. The van der Waals surface area contributed by atoms with Crippen LogP contribution in [0.5, 0.6) is 0 Å². The molecule has 0 fully saturated rings. The van der Waals surface area contributed by atoms with Crippen molar-refractivity contribution in [3.63, 3.8) is 0 Å². The van der Waals surface area contributed by atoms with Gasteiger partial charge in [0, 0.05) is 49.1 Å². The summed E-state index contributed by atoms with van der Waals surface area (Å²) in [4.78, 5) is 0. The lowest BCUT2D eigenvalue weighted by molar-refractivity contribution is 0.664. The molecule has 0 saturated heterocycles. The lowest BCUT2D eigenvalue weighted by Crippen LogP contribution is -2.19. The maximum Gasteiger partial charge on any atom is 0.0762 e. The fourth-order valence-electron chi connectivity index (χ4n) is 0.990. The molecule has 0 saturated carbocycles. The van der Waals surface area contributed by atoms with Gasteiger partial charge in [-0.3, -0.25) is 8.89 Å². The number of nitrogens with zero attached hydrogens (tertiary/aromatic N) is 2. The third-order valence-corrected chi connectivity index (χ3v) is 2.42. The summed E-state index contributed by atoms with van der Waals surface area (Å²) in [6.45, 7) is 1.53. The minimum atomic E-state index is -0.706. The van der Waals surface area contributed by atoms with Crippen molar-refractivity contribution in [3.05, 3.63) is 18.0 Å². The lowest BCUT2D eigenvalue weighted by Gasteiger charge is -1.99. The van der Waals surface area contributed by atoms with Crippen LogP contribution < -0.4 is 5.32 Å². The SMILES string of the molecule is Cn1ccc(CNCCS(C)=O)n1. The molecule has 1 N–H and O–H groups in total. The van der Waals surface area contributed by atoms with Gasteiger partial charge in [-0.25, -0.2) is 0 Å². The number of aryl methyl sites for hydroxylation is 1. The topological polar surface area (TPSA) is 46.9 Å². The van der Waals surface area contributed by atoms with Gasteiger partial charge in [0.2, 0.25) is 0 Å². The largest absolute Gasteiger partial charge is 0.310 e. The zero-order valence-corrected chi connectivity index (χ0v) is 8.80. The van der Waals surface area contributed by atoms with Crippen molar-refractivity contribution < 1.29 is 4.21 Å². The third-order valence-electron chi connectivity index (χ3n) is 1.64. The van der Waals surface area contributed by atoms with Gasteiger partial charge in [0.25, 0.3) is 0 Å². The van der Waals surface area contributed by atoms with E-state index in [1.54, 1.807) is 10.9 Å². The van der Waals surface area contributed by atoms with Gasteiger partial charge in [-0.2, -0.15) is 5.10 Å². The van der Waals surface area contributed by atoms with Crippen molar-refractivity contribution in [1.29, 1.82) is 0 Å². The van der Waals surface area contributed by atoms with Crippen molar-refractivity contribution in [3.8, 4) is 0 Å². The second kappa shape index (κ2) is 5.14. The van der Waals surface area contributed by atoms with E-state index in [0.717, 1.165) is 18.8 Å². The fraction of sp³-hybridized carbons (Fsp3) is 0.625. The molecule has 0 radical (unpaired) electrons. The van der Waals surface area contributed by atoms with Crippen LogP contribution in [0.25, 0.3) is 0 Å². The molecule has 4 nitrogen and oxygen atoms in total. The molecule has 1 aromatic rings. The lowest BCUT2D eigenvalue weighted by atomic mass is 10.4. The van der Waals surface area contributed by atoms with Crippen LogP contribution in [0.15, 0.2) is 12.3 Å². The predicted octanol–water partition coefficient (Wildman–Crippen LogP) is -0.112. The Morgan fingerprint density at radius 2 is 2.46 bits per heavy atom. The van der Waals surface area contributed by atoms with Gasteiger partial charge < -0.3 is 5.32 Å². The molecule has 5 heteroatoms. The molecule has 0 aliphatic carbocycles. The maximum atomic E-state index is 10.7. The Bertz CT molecular complexity index is 285. The average molecular weight is 201 g/mol. The third kappa shape index (κ3) is 4.19. The van der Waals surface area contributed by atoms with E-state index in [4.69, 9.17) is 0 Å². The van der Waals surface area contributed by atoms with Crippen molar-refractivity contribution >= 4 is 10.8 Å². The molecule has 1 atom stereocenters. The van der Waals surface area contributed by atoms with Gasteiger partial charge >= 0.3 is 0 Å². The van der Waals surface area contributed by atoms with Crippen LogP contribution in [0.4, 0.5) is 0 Å². The Kier molecular flexibility index (Phi) is 4.11. The van der Waals surface area contributed by atoms with Crippen LogP contribution in [0.1, 0.15) is 5.69 Å². The molecule has 0 aliphatic rings. The fourth-order valence-corrected chi connectivity index (χ4v) is 1.42. The number of nitrogens with one attached hydrogen (secondary N) is 1. The minimum Gasteiger partial charge on any atom is -0.310 e. The van der Waals surface area contributed by atoms with Crippen LogP contribution in [0.3, 0.4) is 0 Å². The zero-order valence-electron chi connectivity index (χ0n) is 7.99. The number of hydrogen-bond donors (Lipinski definition) is 1. The van der Waals surface area contributed by atoms with Gasteiger partial charge in [-0.05, 0) is 6.07 Å². The molecular formula is C8H15N3OS. The van der Waals surface area contributed by atoms with E-state index in [1.165, 1.54) is 0 Å². The molecule has 13 heavy (non-hydrogen) atoms.